The van der Waals surface area contributed by atoms with Crippen molar-refractivity contribution in [2.24, 2.45) is 0 Å². The second-order valence-corrected chi connectivity index (χ2v) is 9.19. The van der Waals surface area contributed by atoms with Gasteiger partial charge in [0.1, 0.15) is 17.0 Å². The topological polar surface area (TPSA) is 147 Å². The molecule has 0 spiro atoms. The van der Waals surface area contributed by atoms with Gasteiger partial charge in [0, 0.05) is 23.1 Å². The first-order chi connectivity index (χ1) is 17.2. The van der Waals surface area contributed by atoms with Crippen LogP contribution < -0.4 is 20.1 Å². The van der Waals surface area contributed by atoms with Crippen molar-refractivity contribution < 1.29 is 38.5 Å². The van der Waals surface area contributed by atoms with E-state index in [9.17, 15) is 23.9 Å². The monoisotopic (exact) mass is 551 g/mol. The number of thiophene rings is 1. The van der Waals surface area contributed by atoms with E-state index in [0.29, 0.717) is 21.9 Å². The molecule has 0 saturated carbocycles. The van der Waals surface area contributed by atoms with Crippen LogP contribution in [0.2, 0.25) is 5.02 Å². The number of benzene rings is 2. The Morgan fingerprint density at radius 1 is 1.08 bits per heavy atom. The van der Waals surface area contributed by atoms with Crippen LogP contribution in [0.3, 0.4) is 0 Å². The fourth-order valence-electron chi connectivity index (χ4n) is 3.24. The quantitative estimate of drug-likeness (QED) is 0.215. The van der Waals surface area contributed by atoms with Crippen LogP contribution >= 0.6 is 34.3 Å². The maximum Gasteiger partial charge on any atom is 0.346 e. The zero-order valence-electron chi connectivity index (χ0n) is 18.1. The number of amides is 2. The SMILES string of the molecule is COc1cc(F)c(NC(=O)Nc2csc(C(=O)O)c2C(=O)O)cc1OCc1ccc(Cl)c2scnc12. The van der Waals surface area contributed by atoms with E-state index in [1.807, 2.05) is 0 Å². The molecule has 0 aliphatic carbocycles. The highest BCUT2D eigenvalue weighted by Gasteiger charge is 2.24. The molecule has 36 heavy (non-hydrogen) atoms. The predicted molar refractivity (Wildman–Crippen MR) is 133 cm³/mol. The number of carbonyl (C=O) groups excluding carboxylic acids is 1. The number of methoxy groups -OCH3 is 1. The molecule has 2 aromatic carbocycles. The molecular weight excluding hydrogens is 537 g/mol. The van der Waals surface area contributed by atoms with E-state index in [1.165, 1.54) is 24.5 Å². The zero-order chi connectivity index (χ0) is 26.0. The van der Waals surface area contributed by atoms with E-state index in [-0.39, 0.29) is 29.5 Å². The number of halogens is 2. The van der Waals surface area contributed by atoms with Crippen LogP contribution in [-0.4, -0.2) is 40.3 Å². The number of hydrogen-bond donors (Lipinski definition) is 4. The number of nitrogens with one attached hydrogen (secondary N) is 2. The van der Waals surface area contributed by atoms with Crippen molar-refractivity contribution in [3.8, 4) is 11.5 Å². The van der Waals surface area contributed by atoms with Gasteiger partial charge in [0.15, 0.2) is 17.3 Å². The normalized spacial score (nSPS) is 10.8. The standard InChI is InChI=1S/C22H15ClFN3O7S2/c1-33-14-4-11(24)12(26-22(32)27-13-7-35-19(21(30)31)16(13)20(28)29)5-15(14)34-6-9-2-3-10(23)18-17(9)25-8-36-18/h2-5,7-8H,6H2,1H3,(H,28,29)(H,30,31)(H2,26,27,32). The number of urea groups is 1. The van der Waals surface area contributed by atoms with E-state index in [0.717, 1.165) is 21.7 Å². The third-order valence-electron chi connectivity index (χ3n) is 4.85. The minimum Gasteiger partial charge on any atom is -0.493 e. The van der Waals surface area contributed by atoms with Gasteiger partial charge in [-0.1, -0.05) is 17.7 Å². The maximum absolute atomic E-state index is 14.6. The fraction of sp³-hybridized carbons (Fsp3) is 0.0909. The Labute approximate surface area is 214 Å². The summed E-state index contributed by atoms with van der Waals surface area (Å²) in [6.45, 7) is 0.0415. The zero-order valence-corrected chi connectivity index (χ0v) is 20.5. The van der Waals surface area contributed by atoms with Crippen molar-refractivity contribution in [3.63, 3.8) is 0 Å². The molecule has 2 aromatic heterocycles. The van der Waals surface area contributed by atoms with Crippen LogP contribution in [0.4, 0.5) is 20.6 Å². The van der Waals surface area contributed by atoms with Crippen molar-refractivity contribution in [1.82, 2.24) is 4.98 Å². The number of aromatic carboxylic acids is 2. The molecule has 0 bridgehead atoms. The first kappa shape index (κ1) is 25.2. The van der Waals surface area contributed by atoms with Gasteiger partial charge in [-0.05, 0) is 6.07 Å². The number of nitrogens with zero attached hydrogens (tertiary/aromatic N) is 1. The molecule has 0 aliphatic heterocycles. The lowest BCUT2D eigenvalue weighted by Gasteiger charge is -2.15. The molecule has 0 aliphatic rings. The molecule has 186 valence electrons. The number of aromatic nitrogens is 1. The summed E-state index contributed by atoms with van der Waals surface area (Å²) in [6.07, 6.45) is 0. The molecule has 0 atom stereocenters. The highest BCUT2D eigenvalue weighted by Crippen LogP contribution is 2.35. The van der Waals surface area contributed by atoms with Crippen LogP contribution in [0.1, 0.15) is 25.6 Å². The Morgan fingerprint density at radius 3 is 2.53 bits per heavy atom. The van der Waals surface area contributed by atoms with Crippen molar-refractivity contribution in [3.05, 3.63) is 62.0 Å². The summed E-state index contributed by atoms with van der Waals surface area (Å²) in [5.74, 6) is -3.66. The number of ether oxygens (including phenoxy) is 2. The lowest BCUT2D eigenvalue weighted by atomic mass is 10.2. The predicted octanol–water partition coefficient (Wildman–Crippen LogP) is 5.78. The van der Waals surface area contributed by atoms with Gasteiger partial charge < -0.3 is 30.3 Å². The van der Waals surface area contributed by atoms with E-state index in [1.54, 1.807) is 17.6 Å². The molecule has 0 unspecified atom stereocenters. The molecule has 4 N–H and O–H groups in total. The Bertz CT molecular complexity index is 1500. The summed E-state index contributed by atoms with van der Waals surface area (Å²) in [4.78, 5) is 39.0. The number of rotatable bonds is 8. The smallest absolute Gasteiger partial charge is 0.346 e. The highest BCUT2D eigenvalue weighted by atomic mass is 35.5. The van der Waals surface area contributed by atoms with Gasteiger partial charge >= 0.3 is 18.0 Å². The van der Waals surface area contributed by atoms with Crippen LogP contribution in [-0.2, 0) is 6.61 Å². The van der Waals surface area contributed by atoms with E-state index < -0.39 is 34.2 Å². The van der Waals surface area contributed by atoms with Gasteiger partial charge in [0.25, 0.3) is 0 Å². The van der Waals surface area contributed by atoms with Gasteiger partial charge in [-0.15, -0.1) is 22.7 Å². The Kier molecular flexibility index (Phi) is 7.24. The van der Waals surface area contributed by atoms with Crippen molar-refractivity contribution in [2.45, 2.75) is 6.61 Å². The molecule has 2 amide bonds. The van der Waals surface area contributed by atoms with Crippen molar-refractivity contribution in [1.29, 1.82) is 0 Å². The van der Waals surface area contributed by atoms with Crippen LogP contribution in [0, 0.1) is 5.82 Å². The second-order valence-electron chi connectivity index (χ2n) is 7.05. The van der Waals surface area contributed by atoms with Gasteiger partial charge in [-0.3, -0.25) is 0 Å². The third-order valence-corrected chi connectivity index (χ3v) is 7.11. The van der Waals surface area contributed by atoms with E-state index >= 15 is 0 Å². The Balaban J connectivity index is 1.55. The summed E-state index contributed by atoms with van der Waals surface area (Å²) in [6, 6.07) is 4.69. The summed E-state index contributed by atoms with van der Waals surface area (Å²) < 4.78 is 26.4. The third kappa shape index (κ3) is 5.03. The fourth-order valence-corrected chi connectivity index (χ4v) is 5.10. The summed E-state index contributed by atoms with van der Waals surface area (Å²) in [5, 5.41) is 24.7. The molecule has 2 heterocycles. The number of carboxylic acids is 2. The largest absolute Gasteiger partial charge is 0.493 e. The molecule has 4 rings (SSSR count). The Hall–Kier alpha value is -3.94. The number of carboxylic acid groups (broad SMARTS) is 2. The lowest BCUT2D eigenvalue weighted by Crippen LogP contribution is -2.21. The van der Waals surface area contributed by atoms with Crippen molar-refractivity contribution >= 4 is 73.8 Å². The first-order valence-corrected chi connectivity index (χ1v) is 12.0. The highest BCUT2D eigenvalue weighted by molar-refractivity contribution is 7.17. The number of hydrogen-bond acceptors (Lipinski definition) is 8. The average Bonchev–Trinajstić information content (AvgIpc) is 3.48. The lowest BCUT2D eigenvalue weighted by molar-refractivity contribution is 0.0657. The molecule has 10 nitrogen and oxygen atoms in total. The van der Waals surface area contributed by atoms with Gasteiger partial charge in [0.05, 0.1) is 39.2 Å². The van der Waals surface area contributed by atoms with Gasteiger partial charge in [0.2, 0.25) is 0 Å². The first-order valence-electron chi connectivity index (χ1n) is 9.86. The molecular formula is C22H15ClFN3O7S2. The van der Waals surface area contributed by atoms with Crippen LogP contribution in [0.25, 0.3) is 10.2 Å². The summed E-state index contributed by atoms with van der Waals surface area (Å²) in [5.41, 5.74) is 1.92. The van der Waals surface area contributed by atoms with E-state index in [4.69, 9.17) is 26.2 Å². The molecule has 0 saturated heterocycles. The van der Waals surface area contributed by atoms with Gasteiger partial charge in [-0.25, -0.2) is 23.8 Å². The molecule has 4 aromatic rings. The van der Waals surface area contributed by atoms with Crippen LogP contribution in [0.15, 0.2) is 35.2 Å². The number of fused-ring (bicyclic) bond motifs is 1. The van der Waals surface area contributed by atoms with Crippen LogP contribution in [0.5, 0.6) is 11.5 Å². The summed E-state index contributed by atoms with van der Waals surface area (Å²) in [7, 11) is 1.33. The number of thiazole rings is 1. The van der Waals surface area contributed by atoms with Gasteiger partial charge in [-0.2, -0.15) is 0 Å². The average molecular weight is 552 g/mol. The van der Waals surface area contributed by atoms with Crippen molar-refractivity contribution in [2.75, 3.05) is 17.7 Å². The number of anilines is 2. The summed E-state index contributed by atoms with van der Waals surface area (Å²) >= 11 is 8.20. The minimum atomic E-state index is -1.54. The maximum atomic E-state index is 14.6. The second kappa shape index (κ2) is 10.4. The Morgan fingerprint density at radius 2 is 1.83 bits per heavy atom. The molecule has 0 fully saturated rings. The molecule has 14 heteroatoms. The van der Waals surface area contributed by atoms with E-state index in [2.05, 4.69) is 15.6 Å². The molecule has 0 radical (unpaired) electrons. The number of carbonyl (C=O) groups is 3. The minimum absolute atomic E-state index is 0.0415.